The number of ether oxygens (including phenoxy) is 3. The van der Waals surface area contributed by atoms with Crippen molar-refractivity contribution in [3.63, 3.8) is 0 Å². The monoisotopic (exact) mass is 510 g/mol. The topological polar surface area (TPSA) is 260 Å². The number of carbonyl (C=O) groups is 3. The van der Waals surface area contributed by atoms with E-state index in [9.17, 15) is 34.2 Å². The van der Waals surface area contributed by atoms with Crippen LogP contribution in [0.1, 0.15) is 19.3 Å². The van der Waals surface area contributed by atoms with Crippen molar-refractivity contribution in [2.75, 3.05) is 52.7 Å². The summed E-state index contributed by atoms with van der Waals surface area (Å²) in [5.41, 5.74) is -1.38. The zero-order valence-electron chi connectivity index (χ0n) is 18.8. The van der Waals surface area contributed by atoms with Gasteiger partial charge in [-0.3, -0.25) is 14.4 Å². The Kier molecular flexibility index (Phi) is 16.8. The minimum Gasteiger partial charge on any atom is -0.481 e. The normalized spacial score (nSPS) is 14.0. The van der Waals surface area contributed by atoms with Gasteiger partial charge in [-0.1, -0.05) is 15.5 Å². The van der Waals surface area contributed by atoms with E-state index in [4.69, 9.17) is 29.5 Å². The standard InChI is InChI=1S/C18H30N4O13/c23-13(17(22-32)12(21-31)7-20-30)8-19-18(9-33-4-1-14(24)25,10-34-5-2-15(26)27)11-35-6-3-16(28)29/h12-13,17,19,23H,1-11H2,(H,24,25)(H,26,27)(H,28,29). The van der Waals surface area contributed by atoms with Crippen LogP contribution in [-0.2, 0) is 28.6 Å². The Morgan fingerprint density at radius 2 is 1.20 bits per heavy atom. The first-order chi connectivity index (χ1) is 16.6. The summed E-state index contributed by atoms with van der Waals surface area (Å²) >= 11 is 0. The largest absolute Gasteiger partial charge is 0.481 e. The molecular weight excluding hydrogens is 480 g/mol. The van der Waals surface area contributed by atoms with Crippen molar-refractivity contribution < 1.29 is 49.0 Å². The lowest BCUT2D eigenvalue weighted by Crippen LogP contribution is -2.59. The molecule has 0 heterocycles. The molecule has 0 saturated heterocycles. The average molecular weight is 510 g/mol. The molecular formula is C18H30N4O13. The molecule has 0 rings (SSSR count). The summed E-state index contributed by atoms with van der Waals surface area (Å²) in [6.07, 6.45) is -2.68. The van der Waals surface area contributed by atoms with Gasteiger partial charge >= 0.3 is 17.9 Å². The molecule has 0 aromatic carbocycles. The van der Waals surface area contributed by atoms with Gasteiger partial charge in [-0.25, -0.2) is 0 Å². The third-order valence-electron chi connectivity index (χ3n) is 4.51. The number of carboxylic acid groups (broad SMARTS) is 3. The van der Waals surface area contributed by atoms with Gasteiger partial charge in [0, 0.05) is 6.54 Å². The van der Waals surface area contributed by atoms with Crippen molar-refractivity contribution in [1.82, 2.24) is 5.32 Å². The van der Waals surface area contributed by atoms with Crippen molar-refractivity contribution in [3.05, 3.63) is 14.7 Å². The van der Waals surface area contributed by atoms with E-state index in [1.165, 1.54) is 0 Å². The average Bonchev–Trinajstić information content (AvgIpc) is 2.80. The minimum absolute atomic E-state index is 0.230. The SMILES string of the molecule is O=NCC(N=O)C(N=O)C(O)CNC(COCCC(=O)O)(COCCC(=O)O)COCCC(=O)O. The number of aliphatic hydroxyl groups is 1. The predicted octanol–water partition coefficient (Wildman–Crippen LogP) is -0.814. The van der Waals surface area contributed by atoms with Gasteiger partial charge in [0.15, 0.2) is 0 Å². The highest BCUT2D eigenvalue weighted by Crippen LogP contribution is 2.14. The number of nitrogens with one attached hydrogen (secondary N) is 1. The molecule has 0 aliphatic carbocycles. The number of β-amino-alcohol motifs (C(OH)–C–C–N with tert-alkyl or cyclic N) is 1. The fraction of sp³-hybridized carbons (Fsp3) is 0.833. The van der Waals surface area contributed by atoms with Gasteiger partial charge < -0.3 is 40.0 Å². The Morgan fingerprint density at radius 1 is 0.771 bits per heavy atom. The molecule has 0 spiro atoms. The maximum absolute atomic E-state index is 11.1. The van der Waals surface area contributed by atoms with E-state index in [0.717, 1.165) is 0 Å². The van der Waals surface area contributed by atoms with Crippen molar-refractivity contribution in [2.45, 2.75) is 43.0 Å². The fourth-order valence-corrected chi connectivity index (χ4v) is 2.68. The maximum Gasteiger partial charge on any atom is 0.305 e. The second-order valence-corrected chi connectivity index (χ2v) is 7.40. The summed E-state index contributed by atoms with van der Waals surface area (Å²) in [7, 11) is 0. The molecule has 0 aliphatic heterocycles. The van der Waals surface area contributed by atoms with Crippen LogP contribution >= 0.6 is 0 Å². The second-order valence-electron chi connectivity index (χ2n) is 7.40. The lowest BCUT2D eigenvalue weighted by atomic mass is 9.99. The van der Waals surface area contributed by atoms with Crippen LogP contribution in [0.2, 0.25) is 0 Å². The highest BCUT2D eigenvalue weighted by molar-refractivity contribution is 5.67. The lowest BCUT2D eigenvalue weighted by Gasteiger charge is -2.35. The van der Waals surface area contributed by atoms with Crippen LogP contribution < -0.4 is 5.32 Å². The molecule has 0 radical (unpaired) electrons. The highest BCUT2D eigenvalue weighted by atomic mass is 16.5. The zero-order valence-corrected chi connectivity index (χ0v) is 18.8. The molecule has 0 aromatic rings. The van der Waals surface area contributed by atoms with Gasteiger partial charge in [-0.05, 0) is 0 Å². The van der Waals surface area contributed by atoms with E-state index >= 15 is 0 Å². The highest BCUT2D eigenvalue weighted by Gasteiger charge is 2.36. The molecule has 5 N–H and O–H groups in total. The van der Waals surface area contributed by atoms with Crippen LogP contribution in [0.15, 0.2) is 15.5 Å². The third kappa shape index (κ3) is 14.8. The molecule has 0 aliphatic rings. The van der Waals surface area contributed by atoms with Crippen LogP contribution in [-0.4, -0.2) is 115 Å². The van der Waals surface area contributed by atoms with Gasteiger partial charge in [0.25, 0.3) is 0 Å². The van der Waals surface area contributed by atoms with Crippen LogP contribution in [0.4, 0.5) is 0 Å². The number of aliphatic carboxylic acids is 3. The Morgan fingerprint density at radius 3 is 1.51 bits per heavy atom. The first-order valence-electron chi connectivity index (χ1n) is 10.4. The number of rotatable bonds is 24. The number of nitroso groups, excluding NO2 is 3. The van der Waals surface area contributed by atoms with E-state index in [1.54, 1.807) is 0 Å². The quantitative estimate of drug-likeness (QED) is 0.0785. The first-order valence-corrected chi connectivity index (χ1v) is 10.4. The Labute approximate surface area is 199 Å². The van der Waals surface area contributed by atoms with Gasteiger partial charge in [0.05, 0.1) is 70.5 Å². The number of nitrogens with zero attached hydrogens (tertiary/aromatic N) is 3. The van der Waals surface area contributed by atoms with Gasteiger partial charge in [-0.2, -0.15) is 14.7 Å². The molecule has 0 aromatic heterocycles. The van der Waals surface area contributed by atoms with Crippen LogP contribution in [0.3, 0.4) is 0 Å². The molecule has 3 unspecified atom stereocenters. The number of hydrogen-bond acceptors (Lipinski definition) is 14. The lowest BCUT2D eigenvalue weighted by molar-refractivity contribution is -0.139. The van der Waals surface area contributed by atoms with Crippen molar-refractivity contribution in [3.8, 4) is 0 Å². The maximum atomic E-state index is 11.1. The van der Waals surface area contributed by atoms with Gasteiger partial charge in [0.1, 0.15) is 18.6 Å². The Balaban J connectivity index is 5.54. The van der Waals surface area contributed by atoms with E-state index in [2.05, 4.69) is 20.8 Å². The molecule has 17 nitrogen and oxygen atoms in total. The number of aliphatic hydroxyl groups excluding tert-OH is 1. The van der Waals surface area contributed by atoms with Crippen molar-refractivity contribution >= 4 is 17.9 Å². The zero-order chi connectivity index (χ0) is 26.7. The molecule has 35 heavy (non-hydrogen) atoms. The molecule has 17 heteroatoms. The Bertz CT molecular complexity index is 638. The van der Waals surface area contributed by atoms with Crippen molar-refractivity contribution in [2.24, 2.45) is 15.5 Å². The molecule has 0 saturated carbocycles. The second kappa shape index (κ2) is 18.4. The van der Waals surface area contributed by atoms with Crippen molar-refractivity contribution in [1.29, 1.82) is 0 Å². The summed E-state index contributed by atoms with van der Waals surface area (Å²) in [5, 5.41) is 47.2. The molecule has 0 amide bonds. The molecule has 0 fully saturated rings. The Hall–Kier alpha value is -2.99. The molecule has 200 valence electrons. The van der Waals surface area contributed by atoms with Crippen LogP contribution in [0.5, 0.6) is 0 Å². The molecule has 0 bridgehead atoms. The van der Waals surface area contributed by atoms with Crippen LogP contribution in [0, 0.1) is 14.7 Å². The van der Waals surface area contributed by atoms with Crippen LogP contribution in [0.25, 0.3) is 0 Å². The summed E-state index contributed by atoms with van der Waals surface area (Å²) in [4.78, 5) is 64.8. The summed E-state index contributed by atoms with van der Waals surface area (Å²) in [6, 6.07) is -3.16. The summed E-state index contributed by atoms with van der Waals surface area (Å²) in [6.45, 7) is -2.72. The summed E-state index contributed by atoms with van der Waals surface area (Å²) < 4.78 is 16.1. The van der Waals surface area contributed by atoms with E-state index in [1.807, 2.05) is 0 Å². The molecule has 3 atom stereocenters. The summed E-state index contributed by atoms with van der Waals surface area (Å²) in [5.74, 6) is -3.40. The fourth-order valence-electron chi connectivity index (χ4n) is 2.68. The predicted molar refractivity (Wildman–Crippen MR) is 116 cm³/mol. The smallest absolute Gasteiger partial charge is 0.305 e. The first kappa shape index (κ1) is 32.0. The van der Waals surface area contributed by atoms with E-state index in [-0.39, 0.29) is 58.9 Å². The minimum atomic E-state index is -1.65. The number of carboxylic acids is 3. The van der Waals surface area contributed by atoms with E-state index < -0.39 is 54.7 Å². The van der Waals surface area contributed by atoms with Gasteiger partial charge in [-0.15, -0.1) is 0 Å². The van der Waals surface area contributed by atoms with Gasteiger partial charge in [0.2, 0.25) is 0 Å². The third-order valence-corrected chi connectivity index (χ3v) is 4.51. The van der Waals surface area contributed by atoms with E-state index in [0.29, 0.717) is 0 Å². The number of hydrogen-bond donors (Lipinski definition) is 5.